The second-order valence-corrected chi connectivity index (χ2v) is 10.2. The molecule has 3 aromatic rings. The molecule has 0 aromatic heterocycles. The van der Waals surface area contributed by atoms with Gasteiger partial charge in [0, 0.05) is 29.4 Å². The van der Waals surface area contributed by atoms with Crippen LogP contribution >= 0.6 is 0 Å². The van der Waals surface area contributed by atoms with Crippen molar-refractivity contribution in [2.45, 2.75) is 50.1 Å². The molecule has 2 atom stereocenters. The highest BCUT2D eigenvalue weighted by atomic mass is 16.5. The van der Waals surface area contributed by atoms with Gasteiger partial charge in [-0.05, 0) is 42.2 Å². The number of anilines is 1. The van der Waals surface area contributed by atoms with Crippen LogP contribution in [0.4, 0.5) is 5.69 Å². The Labute approximate surface area is 235 Å². The van der Waals surface area contributed by atoms with Crippen LogP contribution in [0, 0.1) is 0 Å². The summed E-state index contributed by atoms with van der Waals surface area (Å²) in [5, 5.41) is 3.10. The van der Waals surface area contributed by atoms with Crippen LogP contribution in [0.25, 0.3) is 0 Å². The van der Waals surface area contributed by atoms with Crippen LogP contribution in [0.15, 0.2) is 60.7 Å². The number of nitrogens with one attached hydrogen (secondary N) is 1. The number of carbonyl (C=O) groups excluding carboxylic acids is 2. The van der Waals surface area contributed by atoms with Crippen molar-refractivity contribution >= 4 is 17.5 Å². The second-order valence-electron chi connectivity index (χ2n) is 10.2. The summed E-state index contributed by atoms with van der Waals surface area (Å²) in [6, 6.07) is 18.1. The molecule has 1 fully saturated rings. The lowest BCUT2D eigenvalue weighted by atomic mass is 9.77. The SMILES string of the molecule is COc1ccc([C@@H]2[C@H](C(=O)Nc3cc(OC)c(OC)c(OC)c3)c3ccccc3C(=O)N2C2CCCCC2)cc1. The van der Waals surface area contributed by atoms with Crippen molar-refractivity contribution in [2.75, 3.05) is 33.8 Å². The van der Waals surface area contributed by atoms with Gasteiger partial charge in [0.2, 0.25) is 11.7 Å². The lowest BCUT2D eigenvalue weighted by Crippen LogP contribution is -2.51. The van der Waals surface area contributed by atoms with Gasteiger partial charge in [0.25, 0.3) is 5.91 Å². The Morgan fingerprint density at radius 2 is 1.48 bits per heavy atom. The molecule has 0 unspecified atom stereocenters. The Morgan fingerprint density at radius 3 is 2.08 bits per heavy atom. The van der Waals surface area contributed by atoms with Crippen molar-refractivity contribution in [1.29, 1.82) is 0 Å². The zero-order valence-corrected chi connectivity index (χ0v) is 23.4. The van der Waals surface area contributed by atoms with E-state index in [1.165, 1.54) is 21.3 Å². The molecule has 1 N–H and O–H groups in total. The zero-order valence-electron chi connectivity index (χ0n) is 23.4. The summed E-state index contributed by atoms with van der Waals surface area (Å²) < 4.78 is 21.9. The maximum Gasteiger partial charge on any atom is 0.254 e. The molecular weight excluding hydrogens is 508 g/mol. The number of hydrogen-bond donors (Lipinski definition) is 1. The summed E-state index contributed by atoms with van der Waals surface area (Å²) in [5.41, 5.74) is 2.68. The van der Waals surface area contributed by atoms with Crippen LogP contribution in [-0.2, 0) is 4.79 Å². The third-order valence-electron chi connectivity index (χ3n) is 8.02. The molecule has 1 saturated carbocycles. The minimum atomic E-state index is -0.650. The Bertz CT molecular complexity index is 1340. The van der Waals surface area contributed by atoms with Crippen LogP contribution in [-0.4, -0.2) is 51.2 Å². The first-order valence-corrected chi connectivity index (χ1v) is 13.7. The maximum atomic E-state index is 14.3. The van der Waals surface area contributed by atoms with Crippen LogP contribution in [0.3, 0.4) is 0 Å². The van der Waals surface area contributed by atoms with E-state index in [9.17, 15) is 9.59 Å². The summed E-state index contributed by atoms with van der Waals surface area (Å²) >= 11 is 0. The molecule has 0 radical (unpaired) electrons. The van der Waals surface area contributed by atoms with Crippen molar-refractivity contribution in [3.8, 4) is 23.0 Å². The molecule has 1 aliphatic carbocycles. The highest BCUT2D eigenvalue weighted by Crippen LogP contribution is 2.47. The van der Waals surface area contributed by atoms with E-state index in [4.69, 9.17) is 18.9 Å². The van der Waals surface area contributed by atoms with Crippen molar-refractivity contribution in [3.05, 3.63) is 77.4 Å². The summed E-state index contributed by atoms with van der Waals surface area (Å²) in [7, 11) is 6.23. The van der Waals surface area contributed by atoms with E-state index in [-0.39, 0.29) is 17.9 Å². The predicted octanol–water partition coefficient (Wildman–Crippen LogP) is 5.97. The fourth-order valence-corrected chi connectivity index (χ4v) is 6.12. The first-order chi connectivity index (χ1) is 19.5. The average molecular weight is 545 g/mol. The highest BCUT2D eigenvalue weighted by Gasteiger charge is 2.46. The first kappa shape index (κ1) is 27.4. The summed E-state index contributed by atoms with van der Waals surface area (Å²) in [6.45, 7) is 0. The van der Waals surface area contributed by atoms with Crippen molar-refractivity contribution in [1.82, 2.24) is 4.90 Å². The van der Waals surface area contributed by atoms with Crippen LogP contribution in [0.2, 0.25) is 0 Å². The smallest absolute Gasteiger partial charge is 0.254 e. The van der Waals surface area contributed by atoms with E-state index in [1.807, 2.05) is 53.4 Å². The number of benzene rings is 3. The summed E-state index contributed by atoms with van der Waals surface area (Å²) in [4.78, 5) is 30.4. The molecule has 0 spiro atoms. The molecular formula is C32H36N2O6. The maximum absolute atomic E-state index is 14.3. The number of ether oxygens (including phenoxy) is 4. The van der Waals surface area contributed by atoms with Gasteiger partial charge in [-0.25, -0.2) is 0 Å². The number of fused-ring (bicyclic) bond motifs is 1. The molecule has 1 heterocycles. The van der Waals surface area contributed by atoms with E-state index >= 15 is 0 Å². The van der Waals surface area contributed by atoms with Crippen LogP contribution in [0.5, 0.6) is 23.0 Å². The zero-order chi connectivity index (χ0) is 28.2. The molecule has 40 heavy (non-hydrogen) atoms. The molecule has 8 nitrogen and oxygen atoms in total. The average Bonchev–Trinajstić information content (AvgIpc) is 3.00. The van der Waals surface area contributed by atoms with E-state index < -0.39 is 12.0 Å². The lowest BCUT2D eigenvalue weighted by Gasteiger charge is -2.46. The quantitative estimate of drug-likeness (QED) is 0.376. The van der Waals surface area contributed by atoms with E-state index in [2.05, 4.69) is 5.32 Å². The summed E-state index contributed by atoms with van der Waals surface area (Å²) in [6.07, 6.45) is 5.12. The number of rotatable bonds is 8. The van der Waals surface area contributed by atoms with Gasteiger partial charge >= 0.3 is 0 Å². The number of amides is 2. The molecule has 5 rings (SSSR count). The van der Waals surface area contributed by atoms with Crippen LogP contribution < -0.4 is 24.3 Å². The van der Waals surface area contributed by atoms with Gasteiger partial charge < -0.3 is 29.2 Å². The number of carbonyl (C=O) groups is 2. The number of nitrogens with zero attached hydrogens (tertiary/aromatic N) is 1. The van der Waals surface area contributed by atoms with Crippen molar-refractivity contribution in [3.63, 3.8) is 0 Å². The van der Waals surface area contributed by atoms with Gasteiger partial charge in [-0.15, -0.1) is 0 Å². The monoisotopic (exact) mass is 544 g/mol. The number of methoxy groups -OCH3 is 4. The fraction of sp³-hybridized carbons (Fsp3) is 0.375. The van der Waals surface area contributed by atoms with E-state index in [0.29, 0.717) is 39.8 Å². The van der Waals surface area contributed by atoms with Gasteiger partial charge in [0.05, 0.1) is 40.4 Å². The Hall–Kier alpha value is -4.20. The largest absolute Gasteiger partial charge is 0.497 e. The third kappa shape index (κ3) is 5.06. The topological polar surface area (TPSA) is 86.3 Å². The number of hydrogen-bond acceptors (Lipinski definition) is 6. The molecule has 2 amide bonds. The third-order valence-corrected chi connectivity index (χ3v) is 8.02. The molecule has 2 aliphatic rings. The predicted molar refractivity (Wildman–Crippen MR) is 153 cm³/mol. The van der Waals surface area contributed by atoms with Gasteiger partial charge in [0.1, 0.15) is 5.75 Å². The highest BCUT2D eigenvalue weighted by molar-refractivity contribution is 6.04. The van der Waals surface area contributed by atoms with Crippen molar-refractivity contribution in [2.24, 2.45) is 0 Å². The fourth-order valence-electron chi connectivity index (χ4n) is 6.12. The van der Waals surface area contributed by atoms with Crippen molar-refractivity contribution < 1.29 is 28.5 Å². The first-order valence-electron chi connectivity index (χ1n) is 13.7. The Morgan fingerprint density at radius 1 is 0.825 bits per heavy atom. The Balaban J connectivity index is 1.62. The van der Waals surface area contributed by atoms with Gasteiger partial charge in [-0.2, -0.15) is 0 Å². The minimum Gasteiger partial charge on any atom is -0.497 e. The molecule has 3 aromatic carbocycles. The normalized spacial score (nSPS) is 19.0. The summed E-state index contributed by atoms with van der Waals surface area (Å²) in [5.74, 6) is 1.13. The van der Waals surface area contributed by atoms with Gasteiger partial charge in [-0.3, -0.25) is 9.59 Å². The Kier molecular flexibility index (Phi) is 8.14. The van der Waals surface area contributed by atoms with Crippen LogP contribution in [0.1, 0.15) is 65.5 Å². The van der Waals surface area contributed by atoms with Gasteiger partial charge in [-0.1, -0.05) is 49.6 Å². The molecule has 0 bridgehead atoms. The molecule has 8 heteroatoms. The minimum absolute atomic E-state index is 0.0276. The molecule has 1 aliphatic heterocycles. The molecule has 210 valence electrons. The molecule has 0 saturated heterocycles. The van der Waals surface area contributed by atoms with Gasteiger partial charge in [0.15, 0.2) is 11.5 Å². The van der Waals surface area contributed by atoms with E-state index in [1.54, 1.807) is 19.2 Å². The standard InChI is InChI=1S/C32H36N2O6/c1-37-23-16-14-20(15-17-23)29-28(31(35)33-21-18-26(38-2)30(40-4)27(19-21)39-3)24-12-8-9-13-25(24)32(36)34(29)22-10-6-5-7-11-22/h8-9,12-19,22,28-29H,5-7,10-11H2,1-4H3,(H,33,35)/t28-,29-/m1/s1. The lowest BCUT2D eigenvalue weighted by molar-refractivity contribution is -0.119. The second kappa shape index (κ2) is 11.9. The van der Waals surface area contributed by atoms with E-state index in [0.717, 1.165) is 37.7 Å².